The van der Waals surface area contributed by atoms with Gasteiger partial charge in [-0.1, -0.05) is 56.7 Å². The Morgan fingerprint density at radius 1 is 0.938 bits per heavy atom. The second kappa shape index (κ2) is 8.74. The van der Waals surface area contributed by atoms with Gasteiger partial charge in [-0.3, -0.25) is 4.79 Å². The fourth-order valence-electron chi connectivity index (χ4n) is 3.38. The van der Waals surface area contributed by atoms with E-state index in [4.69, 9.17) is 4.74 Å². The molecule has 0 saturated carbocycles. The molecule has 0 aliphatic rings. The van der Waals surface area contributed by atoms with E-state index in [-0.39, 0.29) is 21.8 Å². The molecule has 0 aliphatic carbocycles. The Bertz CT molecular complexity index is 1240. The Kier molecular flexibility index (Phi) is 6.41. The SMILES string of the molecule is Cc1cc(C)c(Oc2ccc(C(C)(C)C)nc2C(=O)NS(=O)(=O)c2ccccc2)c(C)c1. The smallest absolute Gasteiger partial charge is 0.287 e. The zero-order chi connectivity index (χ0) is 23.7. The lowest BCUT2D eigenvalue weighted by molar-refractivity contribution is 0.0973. The lowest BCUT2D eigenvalue weighted by Gasteiger charge is -2.21. The molecular formula is C25H28N2O4S. The molecular weight excluding hydrogens is 424 g/mol. The van der Waals surface area contributed by atoms with Gasteiger partial charge in [0.25, 0.3) is 15.9 Å². The van der Waals surface area contributed by atoms with E-state index in [0.717, 1.165) is 16.7 Å². The van der Waals surface area contributed by atoms with Crippen LogP contribution in [0.4, 0.5) is 0 Å². The van der Waals surface area contributed by atoms with Crippen LogP contribution in [-0.4, -0.2) is 19.3 Å². The zero-order valence-electron chi connectivity index (χ0n) is 19.2. The van der Waals surface area contributed by atoms with Gasteiger partial charge in [0.1, 0.15) is 5.75 Å². The van der Waals surface area contributed by atoms with Crippen LogP contribution in [-0.2, 0) is 15.4 Å². The van der Waals surface area contributed by atoms with Gasteiger partial charge in [-0.15, -0.1) is 0 Å². The Balaban J connectivity index is 2.05. The van der Waals surface area contributed by atoms with Crippen LogP contribution in [0.25, 0.3) is 0 Å². The Morgan fingerprint density at radius 2 is 1.53 bits per heavy atom. The molecule has 1 amide bonds. The van der Waals surface area contributed by atoms with Crippen molar-refractivity contribution in [3.05, 3.63) is 82.7 Å². The number of rotatable bonds is 5. The van der Waals surface area contributed by atoms with Gasteiger partial charge in [0.05, 0.1) is 4.90 Å². The van der Waals surface area contributed by atoms with Gasteiger partial charge < -0.3 is 4.74 Å². The van der Waals surface area contributed by atoms with Gasteiger partial charge in [-0.2, -0.15) is 0 Å². The van der Waals surface area contributed by atoms with Crippen LogP contribution < -0.4 is 9.46 Å². The summed E-state index contributed by atoms with van der Waals surface area (Å²) in [6.07, 6.45) is 0. The maximum atomic E-state index is 13.1. The number of sulfonamides is 1. The molecule has 1 N–H and O–H groups in total. The second-order valence-corrected chi connectivity index (χ2v) is 10.6. The van der Waals surface area contributed by atoms with Crippen molar-refractivity contribution in [3.63, 3.8) is 0 Å². The van der Waals surface area contributed by atoms with Crippen LogP contribution >= 0.6 is 0 Å². The van der Waals surface area contributed by atoms with E-state index in [1.165, 1.54) is 12.1 Å². The largest absolute Gasteiger partial charge is 0.454 e. The fraction of sp³-hybridized carbons (Fsp3) is 0.280. The quantitative estimate of drug-likeness (QED) is 0.574. The van der Waals surface area contributed by atoms with Crippen LogP contribution in [0.15, 0.2) is 59.5 Å². The van der Waals surface area contributed by atoms with Crippen molar-refractivity contribution in [1.29, 1.82) is 0 Å². The fourth-order valence-corrected chi connectivity index (χ4v) is 4.35. The van der Waals surface area contributed by atoms with Gasteiger partial charge in [0, 0.05) is 11.1 Å². The van der Waals surface area contributed by atoms with E-state index in [2.05, 4.69) is 9.71 Å². The van der Waals surface area contributed by atoms with Crippen molar-refractivity contribution in [2.75, 3.05) is 0 Å². The average Bonchev–Trinajstić information content (AvgIpc) is 2.70. The predicted molar refractivity (Wildman–Crippen MR) is 125 cm³/mol. The molecule has 1 heterocycles. The molecule has 3 aromatic rings. The number of carbonyl (C=O) groups excluding carboxylic acids is 1. The molecule has 3 rings (SSSR count). The van der Waals surface area contributed by atoms with Crippen LogP contribution in [0.1, 0.15) is 53.6 Å². The maximum absolute atomic E-state index is 13.1. The van der Waals surface area contributed by atoms with Crippen molar-refractivity contribution in [2.45, 2.75) is 51.9 Å². The molecule has 2 aromatic carbocycles. The number of aromatic nitrogens is 1. The monoisotopic (exact) mass is 452 g/mol. The van der Waals surface area contributed by atoms with Crippen molar-refractivity contribution in [2.24, 2.45) is 0 Å². The van der Waals surface area contributed by atoms with Crippen LogP contribution in [0.2, 0.25) is 0 Å². The summed E-state index contributed by atoms with van der Waals surface area (Å²) in [7, 11) is -4.06. The summed E-state index contributed by atoms with van der Waals surface area (Å²) in [4.78, 5) is 17.6. The number of pyridine rings is 1. The summed E-state index contributed by atoms with van der Waals surface area (Å²) in [5.74, 6) is -0.0490. The third-order valence-electron chi connectivity index (χ3n) is 4.94. The standard InChI is InChI=1S/C25H28N2O4S/c1-16-14-17(2)23(18(3)15-16)31-20-12-13-21(25(4,5)6)26-22(20)24(28)27-32(29,30)19-10-8-7-9-11-19/h7-15H,1-6H3,(H,27,28). The van der Waals surface area contributed by atoms with Gasteiger partial charge >= 0.3 is 0 Å². The van der Waals surface area contributed by atoms with Crippen molar-refractivity contribution in [3.8, 4) is 11.5 Å². The van der Waals surface area contributed by atoms with E-state index in [0.29, 0.717) is 11.4 Å². The summed E-state index contributed by atoms with van der Waals surface area (Å²) in [6, 6.07) is 15.2. The number of hydrogen-bond donors (Lipinski definition) is 1. The Hall–Kier alpha value is -3.19. The molecule has 0 saturated heterocycles. The average molecular weight is 453 g/mol. The highest BCUT2D eigenvalue weighted by atomic mass is 32.2. The van der Waals surface area contributed by atoms with Crippen molar-refractivity contribution >= 4 is 15.9 Å². The zero-order valence-corrected chi connectivity index (χ0v) is 20.0. The normalized spacial score (nSPS) is 11.8. The van der Waals surface area contributed by atoms with Crippen LogP contribution in [0.5, 0.6) is 11.5 Å². The first-order valence-corrected chi connectivity index (χ1v) is 11.8. The van der Waals surface area contributed by atoms with Crippen LogP contribution in [0, 0.1) is 20.8 Å². The molecule has 0 unspecified atom stereocenters. The molecule has 0 spiro atoms. The predicted octanol–water partition coefficient (Wildman–Crippen LogP) is 5.22. The molecule has 0 bridgehead atoms. The van der Waals surface area contributed by atoms with Crippen molar-refractivity contribution < 1.29 is 17.9 Å². The first kappa shape index (κ1) is 23.5. The highest BCUT2D eigenvalue weighted by Gasteiger charge is 2.26. The lowest BCUT2D eigenvalue weighted by Crippen LogP contribution is -2.32. The maximum Gasteiger partial charge on any atom is 0.287 e. The molecule has 6 nitrogen and oxygen atoms in total. The van der Waals surface area contributed by atoms with E-state index >= 15 is 0 Å². The molecule has 0 radical (unpaired) electrons. The molecule has 0 fully saturated rings. The first-order chi connectivity index (χ1) is 14.9. The molecule has 7 heteroatoms. The van der Waals surface area contributed by atoms with Gasteiger partial charge in [-0.25, -0.2) is 18.1 Å². The Labute approximate surface area is 189 Å². The minimum Gasteiger partial charge on any atom is -0.454 e. The summed E-state index contributed by atoms with van der Waals surface area (Å²) in [5.41, 5.74) is 3.12. The van der Waals surface area contributed by atoms with E-state index in [9.17, 15) is 13.2 Å². The number of ether oxygens (including phenoxy) is 1. The molecule has 0 aliphatic heterocycles. The van der Waals surface area contributed by atoms with E-state index < -0.39 is 15.9 Å². The van der Waals surface area contributed by atoms with Gasteiger partial charge in [-0.05, 0) is 56.2 Å². The number of hydrogen-bond acceptors (Lipinski definition) is 5. The summed E-state index contributed by atoms with van der Waals surface area (Å²) in [5, 5.41) is 0. The number of aryl methyl sites for hydroxylation is 3. The topological polar surface area (TPSA) is 85.4 Å². The first-order valence-electron chi connectivity index (χ1n) is 10.3. The number of benzene rings is 2. The summed E-state index contributed by atoms with van der Waals surface area (Å²) >= 11 is 0. The summed E-state index contributed by atoms with van der Waals surface area (Å²) in [6.45, 7) is 11.7. The summed E-state index contributed by atoms with van der Waals surface area (Å²) < 4.78 is 33.7. The highest BCUT2D eigenvalue weighted by Crippen LogP contribution is 2.33. The number of amides is 1. The number of nitrogens with zero attached hydrogens (tertiary/aromatic N) is 1. The molecule has 168 valence electrons. The molecule has 1 aromatic heterocycles. The van der Waals surface area contributed by atoms with Crippen molar-refractivity contribution in [1.82, 2.24) is 9.71 Å². The van der Waals surface area contributed by atoms with Crippen LogP contribution in [0.3, 0.4) is 0 Å². The third-order valence-corrected chi connectivity index (χ3v) is 6.29. The van der Waals surface area contributed by atoms with Gasteiger partial charge in [0.15, 0.2) is 11.4 Å². The minimum absolute atomic E-state index is 0.00646. The van der Waals surface area contributed by atoms with E-state index in [1.807, 2.05) is 53.7 Å². The lowest BCUT2D eigenvalue weighted by atomic mass is 9.91. The second-order valence-electron chi connectivity index (χ2n) is 8.87. The Morgan fingerprint density at radius 3 is 2.09 bits per heavy atom. The highest BCUT2D eigenvalue weighted by molar-refractivity contribution is 7.90. The number of carbonyl (C=O) groups is 1. The van der Waals surface area contributed by atoms with Gasteiger partial charge in [0.2, 0.25) is 0 Å². The van der Waals surface area contributed by atoms with E-state index in [1.54, 1.807) is 30.3 Å². The minimum atomic E-state index is -4.06. The third kappa shape index (κ3) is 5.16. The number of nitrogens with one attached hydrogen (secondary N) is 1. The molecule has 32 heavy (non-hydrogen) atoms. The molecule has 0 atom stereocenters.